The number of carbonyl (C=O) groups excluding carboxylic acids is 1. The molecule has 3 N–H and O–H groups in total. The highest BCUT2D eigenvalue weighted by Gasteiger charge is 2.19. The Morgan fingerprint density at radius 3 is 2.62 bits per heavy atom. The molecule has 4 nitrogen and oxygen atoms in total. The molecule has 3 atom stereocenters. The van der Waals surface area contributed by atoms with Gasteiger partial charge in [0.05, 0.1) is 0 Å². The van der Waals surface area contributed by atoms with Crippen LogP contribution >= 0.6 is 15.9 Å². The predicted molar refractivity (Wildman–Crippen MR) is 89.3 cm³/mol. The molecule has 1 amide bonds. The van der Waals surface area contributed by atoms with Gasteiger partial charge in [0.1, 0.15) is 5.75 Å². The topological polar surface area (TPSA) is 64.3 Å². The average molecular weight is 357 g/mol. The third-order valence-corrected chi connectivity index (χ3v) is 3.74. The first-order valence-electron chi connectivity index (χ1n) is 7.37. The summed E-state index contributed by atoms with van der Waals surface area (Å²) in [4.78, 5) is 12.1. The average Bonchev–Trinajstić information content (AvgIpc) is 2.38. The Kier molecular flexibility index (Phi) is 7.18. The molecular weight excluding hydrogens is 332 g/mol. The van der Waals surface area contributed by atoms with E-state index in [1.165, 1.54) is 0 Å². The molecule has 0 radical (unpaired) electrons. The Morgan fingerprint density at radius 2 is 2.05 bits per heavy atom. The fraction of sp³-hybridized carbons (Fsp3) is 0.562. The molecule has 0 spiro atoms. The van der Waals surface area contributed by atoms with Gasteiger partial charge in [-0.1, -0.05) is 35.3 Å². The summed E-state index contributed by atoms with van der Waals surface area (Å²) >= 11 is 3.41. The van der Waals surface area contributed by atoms with Gasteiger partial charge in [0.2, 0.25) is 0 Å². The van der Waals surface area contributed by atoms with E-state index in [4.69, 9.17) is 10.5 Å². The first-order chi connectivity index (χ1) is 9.85. The van der Waals surface area contributed by atoms with E-state index in [1.54, 1.807) is 6.92 Å². The summed E-state index contributed by atoms with van der Waals surface area (Å²) < 4.78 is 6.70. The zero-order valence-electron chi connectivity index (χ0n) is 13.2. The van der Waals surface area contributed by atoms with Crippen molar-refractivity contribution in [3.8, 4) is 5.75 Å². The fourth-order valence-electron chi connectivity index (χ4n) is 2.10. The molecule has 0 aromatic heterocycles. The summed E-state index contributed by atoms with van der Waals surface area (Å²) in [6.07, 6.45) is 1.44. The summed E-state index contributed by atoms with van der Waals surface area (Å²) in [7, 11) is 0. The molecule has 0 aliphatic heterocycles. The Morgan fingerprint density at radius 1 is 1.38 bits per heavy atom. The number of carbonyl (C=O) groups is 1. The minimum absolute atomic E-state index is 0.105. The molecule has 1 aromatic carbocycles. The highest BCUT2D eigenvalue weighted by molar-refractivity contribution is 9.10. The number of nitrogens with two attached hydrogens (primary N) is 1. The van der Waals surface area contributed by atoms with E-state index in [1.807, 2.05) is 32.0 Å². The van der Waals surface area contributed by atoms with Crippen molar-refractivity contribution in [3.05, 3.63) is 28.2 Å². The quantitative estimate of drug-likeness (QED) is 0.785. The van der Waals surface area contributed by atoms with Crippen LogP contribution in [0.15, 0.2) is 22.7 Å². The maximum absolute atomic E-state index is 12.1. The van der Waals surface area contributed by atoms with E-state index in [-0.39, 0.29) is 18.0 Å². The van der Waals surface area contributed by atoms with Crippen LogP contribution in [0.2, 0.25) is 0 Å². The van der Waals surface area contributed by atoms with Crippen LogP contribution in [0.1, 0.15) is 52.1 Å². The molecule has 0 saturated heterocycles. The molecule has 1 aromatic rings. The Labute approximate surface area is 135 Å². The number of hydrogen-bond donors (Lipinski definition) is 2. The third-order valence-electron chi connectivity index (χ3n) is 3.25. The van der Waals surface area contributed by atoms with Gasteiger partial charge >= 0.3 is 0 Å². The second-order valence-corrected chi connectivity index (χ2v) is 6.34. The number of amides is 1. The molecule has 0 heterocycles. The van der Waals surface area contributed by atoms with Crippen molar-refractivity contribution in [2.75, 3.05) is 0 Å². The zero-order valence-corrected chi connectivity index (χ0v) is 14.7. The number of benzene rings is 1. The molecule has 118 valence electrons. The maximum Gasteiger partial charge on any atom is 0.260 e. The molecule has 5 heteroatoms. The fourth-order valence-corrected chi connectivity index (χ4v) is 2.44. The van der Waals surface area contributed by atoms with E-state index in [0.717, 1.165) is 22.9 Å². The van der Waals surface area contributed by atoms with Gasteiger partial charge in [0, 0.05) is 22.1 Å². The number of rotatable bonds is 7. The van der Waals surface area contributed by atoms with Gasteiger partial charge < -0.3 is 15.8 Å². The summed E-state index contributed by atoms with van der Waals surface area (Å²) in [5, 5.41) is 2.96. The summed E-state index contributed by atoms with van der Waals surface area (Å²) in [6.45, 7) is 7.74. The van der Waals surface area contributed by atoms with Gasteiger partial charge in [-0.25, -0.2) is 0 Å². The van der Waals surface area contributed by atoms with Crippen molar-refractivity contribution in [3.63, 3.8) is 0 Å². The molecule has 21 heavy (non-hydrogen) atoms. The third kappa shape index (κ3) is 5.67. The number of ether oxygens (including phenoxy) is 1. The summed E-state index contributed by atoms with van der Waals surface area (Å²) in [6, 6.07) is 5.68. The SMILES string of the molecule is CCCC(C)NC(=O)C(C)Oc1cc(Br)ccc1[C@H](C)N. The van der Waals surface area contributed by atoms with Gasteiger partial charge in [-0.05, 0) is 39.3 Å². The number of hydrogen-bond acceptors (Lipinski definition) is 3. The van der Waals surface area contributed by atoms with Crippen LogP contribution < -0.4 is 15.8 Å². The van der Waals surface area contributed by atoms with Gasteiger partial charge in [0.25, 0.3) is 5.91 Å². The first kappa shape index (κ1) is 18.0. The largest absolute Gasteiger partial charge is 0.481 e. The van der Waals surface area contributed by atoms with Gasteiger partial charge in [-0.3, -0.25) is 4.79 Å². The standard InChI is InChI=1S/C16H25BrN2O2/c1-5-6-10(2)19-16(20)12(4)21-15-9-13(17)7-8-14(15)11(3)18/h7-12H,5-6,18H2,1-4H3,(H,19,20)/t10?,11-,12?/m0/s1. The lowest BCUT2D eigenvalue weighted by molar-refractivity contribution is -0.127. The maximum atomic E-state index is 12.1. The highest BCUT2D eigenvalue weighted by Crippen LogP contribution is 2.28. The van der Waals surface area contributed by atoms with Crippen molar-refractivity contribution in [1.82, 2.24) is 5.32 Å². The van der Waals surface area contributed by atoms with Gasteiger partial charge in [0.15, 0.2) is 6.10 Å². The lowest BCUT2D eigenvalue weighted by Crippen LogP contribution is -2.41. The molecule has 0 fully saturated rings. The van der Waals surface area contributed by atoms with Crippen molar-refractivity contribution < 1.29 is 9.53 Å². The van der Waals surface area contributed by atoms with Crippen molar-refractivity contribution in [2.45, 2.75) is 58.7 Å². The molecule has 1 rings (SSSR count). The molecular formula is C16H25BrN2O2. The Bertz CT molecular complexity index is 477. The molecule has 0 saturated carbocycles. The van der Waals surface area contributed by atoms with Gasteiger partial charge in [-0.15, -0.1) is 0 Å². The van der Waals surface area contributed by atoms with Crippen molar-refractivity contribution >= 4 is 21.8 Å². The van der Waals surface area contributed by atoms with Crippen LogP contribution in [0.3, 0.4) is 0 Å². The first-order valence-corrected chi connectivity index (χ1v) is 8.16. The number of nitrogens with one attached hydrogen (secondary N) is 1. The minimum atomic E-state index is -0.559. The smallest absolute Gasteiger partial charge is 0.260 e. The van der Waals surface area contributed by atoms with E-state index in [9.17, 15) is 4.79 Å². The van der Waals surface area contributed by atoms with E-state index in [0.29, 0.717) is 5.75 Å². The van der Waals surface area contributed by atoms with Crippen molar-refractivity contribution in [2.24, 2.45) is 5.73 Å². The zero-order chi connectivity index (χ0) is 16.0. The van der Waals surface area contributed by atoms with Crippen LogP contribution in [0.25, 0.3) is 0 Å². The van der Waals surface area contributed by atoms with E-state index < -0.39 is 6.10 Å². The molecule has 0 aliphatic carbocycles. The van der Waals surface area contributed by atoms with Crippen LogP contribution in [-0.2, 0) is 4.79 Å². The Hall–Kier alpha value is -1.07. The Balaban J connectivity index is 2.76. The summed E-state index contributed by atoms with van der Waals surface area (Å²) in [5.41, 5.74) is 6.83. The second kappa shape index (κ2) is 8.39. The molecule has 2 unspecified atom stereocenters. The minimum Gasteiger partial charge on any atom is -0.481 e. The normalized spacial score (nSPS) is 15.1. The highest BCUT2D eigenvalue weighted by atomic mass is 79.9. The lowest BCUT2D eigenvalue weighted by atomic mass is 10.1. The monoisotopic (exact) mass is 356 g/mol. The van der Waals surface area contributed by atoms with E-state index >= 15 is 0 Å². The molecule has 0 bridgehead atoms. The summed E-state index contributed by atoms with van der Waals surface area (Å²) in [5.74, 6) is 0.539. The number of halogens is 1. The molecule has 0 aliphatic rings. The van der Waals surface area contributed by atoms with Crippen LogP contribution in [0.4, 0.5) is 0 Å². The van der Waals surface area contributed by atoms with Crippen molar-refractivity contribution in [1.29, 1.82) is 0 Å². The predicted octanol–water partition coefficient (Wildman–Crippen LogP) is 3.54. The van der Waals surface area contributed by atoms with Gasteiger partial charge in [-0.2, -0.15) is 0 Å². The lowest BCUT2D eigenvalue weighted by Gasteiger charge is -2.21. The second-order valence-electron chi connectivity index (χ2n) is 5.43. The van der Waals surface area contributed by atoms with Crippen LogP contribution in [-0.4, -0.2) is 18.1 Å². The van der Waals surface area contributed by atoms with Crippen LogP contribution in [0, 0.1) is 0 Å². The van der Waals surface area contributed by atoms with Crippen LogP contribution in [0.5, 0.6) is 5.75 Å². The van der Waals surface area contributed by atoms with E-state index in [2.05, 4.69) is 28.2 Å².